The SMILES string of the molecule is Cc1nn(CCO)c(C)c1CNCc1cc(-c2ccccc2)on1. The maximum atomic E-state index is 9.07. The summed E-state index contributed by atoms with van der Waals surface area (Å²) in [5.41, 5.74) is 5.12. The molecular formula is C18H22N4O2. The van der Waals surface area contributed by atoms with Gasteiger partial charge in [-0.15, -0.1) is 0 Å². The monoisotopic (exact) mass is 326 g/mol. The van der Waals surface area contributed by atoms with Crippen molar-refractivity contribution in [3.8, 4) is 11.3 Å². The van der Waals surface area contributed by atoms with Gasteiger partial charge in [0.2, 0.25) is 0 Å². The van der Waals surface area contributed by atoms with E-state index < -0.39 is 0 Å². The molecule has 0 amide bonds. The van der Waals surface area contributed by atoms with Crippen molar-refractivity contribution in [2.75, 3.05) is 6.61 Å². The number of rotatable bonds is 7. The molecule has 0 spiro atoms. The molecule has 0 radical (unpaired) electrons. The molecule has 0 atom stereocenters. The van der Waals surface area contributed by atoms with Crippen molar-refractivity contribution >= 4 is 0 Å². The molecule has 0 aliphatic rings. The summed E-state index contributed by atoms with van der Waals surface area (Å²) in [4.78, 5) is 0. The second-order valence-electron chi connectivity index (χ2n) is 5.75. The highest BCUT2D eigenvalue weighted by Gasteiger charge is 2.11. The normalized spacial score (nSPS) is 11.1. The van der Waals surface area contributed by atoms with Crippen molar-refractivity contribution in [3.63, 3.8) is 0 Å². The van der Waals surface area contributed by atoms with Crippen LogP contribution < -0.4 is 5.32 Å². The van der Waals surface area contributed by atoms with Gasteiger partial charge in [0, 0.05) is 36.0 Å². The van der Waals surface area contributed by atoms with E-state index in [0.717, 1.165) is 34.0 Å². The van der Waals surface area contributed by atoms with Gasteiger partial charge in [0.25, 0.3) is 0 Å². The van der Waals surface area contributed by atoms with E-state index >= 15 is 0 Å². The first-order valence-electron chi connectivity index (χ1n) is 8.04. The molecule has 0 saturated heterocycles. The number of nitrogens with zero attached hydrogens (tertiary/aromatic N) is 3. The van der Waals surface area contributed by atoms with Gasteiger partial charge >= 0.3 is 0 Å². The Kier molecular flexibility index (Phi) is 5.08. The van der Waals surface area contributed by atoms with Crippen LogP contribution in [-0.2, 0) is 19.6 Å². The van der Waals surface area contributed by atoms with E-state index in [4.69, 9.17) is 9.63 Å². The second-order valence-corrected chi connectivity index (χ2v) is 5.75. The molecule has 0 aliphatic carbocycles. The maximum absolute atomic E-state index is 9.07. The predicted octanol–water partition coefficient (Wildman–Crippen LogP) is 2.44. The lowest BCUT2D eigenvalue weighted by molar-refractivity contribution is 0.267. The number of nitrogens with one attached hydrogen (secondary N) is 1. The smallest absolute Gasteiger partial charge is 0.167 e. The Morgan fingerprint density at radius 1 is 1.17 bits per heavy atom. The summed E-state index contributed by atoms with van der Waals surface area (Å²) in [6.07, 6.45) is 0. The fraction of sp³-hybridized carbons (Fsp3) is 0.333. The van der Waals surface area contributed by atoms with Crippen LogP contribution >= 0.6 is 0 Å². The van der Waals surface area contributed by atoms with Crippen LogP contribution in [0, 0.1) is 13.8 Å². The lowest BCUT2D eigenvalue weighted by atomic mass is 10.1. The molecule has 126 valence electrons. The Morgan fingerprint density at radius 2 is 1.96 bits per heavy atom. The average molecular weight is 326 g/mol. The van der Waals surface area contributed by atoms with Gasteiger partial charge < -0.3 is 14.9 Å². The van der Waals surface area contributed by atoms with Crippen molar-refractivity contribution in [3.05, 3.63) is 59.0 Å². The number of aromatic nitrogens is 3. The summed E-state index contributed by atoms with van der Waals surface area (Å²) in [6, 6.07) is 11.9. The molecule has 1 aromatic carbocycles. The third kappa shape index (κ3) is 3.55. The van der Waals surface area contributed by atoms with Gasteiger partial charge in [-0.2, -0.15) is 5.10 Å². The second kappa shape index (κ2) is 7.42. The van der Waals surface area contributed by atoms with Crippen LogP contribution in [0.2, 0.25) is 0 Å². The van der Waals surface area contributed by atoms with E-state index in [1.165, 1.54) is 0 Å². The van der Waals surface area contributed by atoms with Crippen LogP contribution in [0.25, 0.3) is 11.3 Å². The Bertz CT molecular complexity index is 793. The molecule has 0 saturated carbocycles. The zero-order valence-electron chi connectivity index (χ0n) is 14.0. The van der Waals surface area contributed by atoms with Crippen LogP contribution in [0.1, 0.15) is 22.6 Å². The van der Waals surface area contributed by atoms with Gasteiger partial charge in [0.05, 0.1) is 24.5 Å². The van der Waals surface area contributed by atoms with E-state index in [9.17, 15) is 0 Å². The molecule has 0 fully saturated rings. The third-order valence-electron chi connectivity index (χ3n) is 4.07. The maximum Gasteiger partial charge on any atom is 0.167 e. The molecule has 24 heavy (non-hydrogen) atoms. The predicted molar refractivity (Wildman–Crippen MR) is 91.3 cm³/mol. The van der Waals surface area contributed by atoms with E-state index in [1.807, 2.05) is 54.9 Å². The van der Waals surface area contributed by atoms with Crippen LogP contribution in [0.3, 0.4) is 0 Å². The van der Waals surface area contributed by atoms with Gasteiger partial charge in [-0.25, -0.2) is 0 Å². The molecule has 0 unspecified atom stereocenters. The lowest BCUT2D eigenvalue weighted by Gasteiger charge is -2.04. The molecule has 2 N–H and O–H groups in total. The molecule has 2 aromatic heterocycles. The van der Waals surface area contributed by atoms with Crippen molar-refractivity contribution < 1.29 is 9.63 Å². The standard InChI is InChI=1S/C18H22N4O2/c1-13-17(14(2)22(20-13)8-9-23)12-19-11-16-10-18(24-21-16)15-6-4-3-5-7-15/h3-7,10,19,23H,8-9,11-12H2,1-2H3. The lowest BCUT2D eigenvalue weighted by Crippen LogP contribution is -2.14. The van der Waals surface area contributed by atoms with Gasteiger partial charge in [-0.05, 0) is 13.8 Å². The van der Waals surface area contributed by atoms with Crippen molar-refractivity contribution in [2.45, 2.75) is 33.5 Å². The Balaban J connectivity index is 1.60. The average Bonchev–Trinajstić information content (AvgIpc) is 3.16. The number of aliphatic hydroxyl groups excluding tert-OH is 1. The van der Waals surface area contributed by atoms with Gasteiger partial charge in [0.15, 0.2) is 5.76 Å². The number of hydrogen-bond acceptors (Lipinski definition) is 5. The zero-order valence-corrected chi connectivity index (χ0v) is 14.0. The molecular weight excluding hydrogens is 304 g/mol. The Morgan fingerprint density at radius 3 is 2.71 bits per heavy atom. The van der Waals surface area contributed by atoms with E-state index in [-0.39, 0.29) is 6.61 Å². The highest BCUT2D eigenvalue weighted by atomic mass is 16.5. The first-order chi connectivity index (χ1) is 11.7. The summed E-state index contributed by atoms with van der Waals surface area (Å²) in [7, 11) is 0. The molecule has 0 bridgehead atoms. The molecule has 3 aromatic rings. The summed E-state index contributed by atoms with van der Waals surface area (Å²) in [5.74, 6) is 0.774. The quantitative estimate of drug-likeness (QED) is 0.697. The largest absolute Gasteiger partial charge is 0.394 e. The summed E-state index contributed by atoms with van der Waals surface area (Å²) >= 11 is 0. The minimum absolute atomic E-state index is 0.0933. The zero-order chi connectivity index (χ0) is 16.9. The van der Waals surface area contributed by atoms with E-state index in [0.29, 0.717) is 19.6 Å². The van der Waals surface area contributed by atoms with Crippen LogP contribution in [0.4, 0.5) is 0 Å². The summed E-state index contributed by atoms with van der Waals surface area (Å²) < 4.78 is 7.25. The minimum atomic E-state index is 0.0933. The molecule has 6 nitrogen and oxygen atoms in total. The Labute approximate surface area is 141 Å². The first-order valence-corrected chi connectivity index (χ1v) is 8.04. The highest BCUT2D eigenvalue weighted by molar-refractivity contribution is 5.56. The van der Waals surface area contributed by atoms with Gasteiger partial charge in [-0.1, -0.05) is 35.5 Å². The van der Waals surface area contributed by atoms with Gasteiger partial charge in [0.1, 0.15) is 0 Å². The van der Waals surface area contributed by atoms with Crippen LogP contribution in [0.5, 0.6) is 0 Å². The summed E-state index contributed by atoms with van der Waals surface area (Å²) in [6.45, 7) is 5.96. The molecule has 6 heteroatoms. The first kappa shape index (κ1) is 16.4. The third-order valence-corrected chi connectivity index (χ3v) is 4.07. The van der Waals surface area contributed by atoms with Crippen LogP contribution in [-0.4, -0.2) is 26.7 Å². The van der Waals surface area contributed by atoms with Crippen LogP contribution in [0.15, 0.2) is 40.9 Å². The van der Waals surface area contributed by atoms with Crippen molar-refractivity contribution in [1.29, 1.82) is 0 Å². The fourth-order valence-corrected chi connectivity index (χ4v) is 2.75. The molecule has 2 heterocycles. The van der Waals surface area contributed by atoms with Crippen molar-refractivity contribution in [2.24, 2.45) is 0 Å². The topological polar surface area (TPSA) is 76.1 Å². The van der Waals surface area contributed by atoms with Gasteiger partial charge in [-0.3, -0.25) is 4.68 Å². The minimum Gasteiger partial charge on any atom is -0.394 e. The summed E-state index contributed by atoms with van der Waals surface area (Å²) in [5, 5.41) is 21.0. The number of benzene rings is 1. The number of aryl methyl sites for hydroxylation is 1. The molecule has 3 rings (SSSR count). The Hall–Kier alpha value is -2.44. The molecule has 0 aliphatic heterocycles. The highest BCUT2D eigenvalue weighted by Crippen LogP contribution is 2.19. The number of hydrogen-bond donors (Lipinski definition) is 2. The number of aliphatic hydroxyl groups is 1. The van der Waals surface area contributed by atoms with E-state index in [2.05, 4.69) is 15.6 Å². The van der Waals surface area contributed by atoms with Crippen molar-refractivity contribution in [1.82, 2.24) is 20.3 Å². The fourth-order valence-electron chi connectivity index (χ4n) is 2.75. The van der Waals surface area contributed by atoms with E-state index in [1.54, 1.807) is 0 Å².